The Bertz CT molecular complexity index is 615. The Balaban J connectivity index is 1.83. The van der Waals surface area contributed by atoms with Gasteiger partial charge in [-0.15, -0.1) is 0 Å². The van der Waals surface area contributed by atoms with Crippen LogP contribution in [-0.4, -0.2) is 11.1 Å². The van der Waals surface area contributed by atoms with Crippen molar-refractivity contribution in [2.75, 3.05) is 0 Å². The number of halogens is 1. The minimum Gasteiger partial charge on any atom is -0.478 e. The Morgan fingerprint density at radius 2 is 1.52 bits per heavy atom. The second-order valence-corrected chi connectivity index (χ2v) is 5.45. The third-order valence-electron chi connectivity index (χ3n) is 2.85. The number of hydrogen-bond acceptors (Lipinski definition) is 2. The van der Waals surface area contributed by atoms with Crippen LogP contribution in [0.4, 0.5) is 0 Å². The zero-order chi connectivity index (χ0) is 15.1. The zero-order valence-corrected chi connectivity index (χ0v) is 12.9. The number of hydrogen-bond donors (Lipinski definition) is 1. The summed E-state index contributed by atoms with van der Waals surface area (Å²) in [6.45, 7) is 1.09. The smallest absolute Gasteiger partial charge is 0.328 e. The van der Waals surface area contributed by atoms with Crippen LogP contribution in [0.3, 0.4) is 0 Å². The average molecular weight is 347 g/mol. The Morgan fingerprint density at radius 1 is 1.00 bits per heavy atom. The molecule has 3 nitrogen and oxygen atoms in total. The molecule has 2 aromatic carbocycles. The van der Waals surface area contributed by atoms with Gasteiger partial charge in [0.15, 0.2) is 0 Å². The summed E-state index contributed by atoms with van der Waals surface area (Å²) in [5.41, 5.74) is 3.04. The fraction of sp³-hybridized carbons (Fsp3) is 0.118. The lowest BCUT2D eigenvalue weighted by Gasteiger charge is -2.05. The molecule has 0 saturated carbocycles. The van der Waals surface area contributed by atoms with Gasteiger partial charge in [0, 0.05) is 10.5 Å². The monoisotopic (exact) mass is 346 g/mol. The molecular weight excluding hydrogens is 332 g/mol. The summed E-state index contributed by atoms with van der Waals surface area (Å²) in [7, 11) is 0. The lowest BCUT2D eigenvalue weighted by molar-refractivity contribution is -0.131. The Morgan fingerprint density at radius 3 is 2.05 bits per heavy atom. The van der Waals surface area contributed by atoms with Crippen LogP contribution < -0.4 is 0 Å². The molecule has 0 unspecified atom stereocenters. The highest BCUT2D eigenvalue weighted by Gasteiger charge is 1.96. The third-order valence-corrected chi connectivity index (χ3v) is 3.38. The van der Waals surface area contributed by atoms with E-state index in [1.54, 1.807) is 6.08 Å². The molecule has 108 valence electrons. The first-order valence-corrected chi connectivity index (χ1v) is 7.25. The second-order valence-electron chi connectivity index (χ2n) is 4.53. The van der Waals surface area contributed by atoms with Crippen LogP contribution in [0.5, 0.6) is 0 Å². The summed E-state index contributed by atoms with van der Waals surface area (Å²) < 4.78 is 6.71. The van der Waals surface area contributed by atoms with Gasteiger partial charge in [0.2, 0.25) is 0 Å². The maximum Gasteiger partial charge on any atom is 0.328 e. The summed E-state index contributed by atoms with van der Waals surface area (Å²) in [5, 5.41) is 8.56. The largest absolute Gasteiger partial charge is 0.478 e. The lowest BCUT2D eigenvalue weighted by Crippen LogP contribution is -1.94. The molecule has 0 aromatic heterocycles. The molecule has 0 radical (unpaired) electrons. The average Bonchev–Trinajstić information content (AvgIpc) is 2.48. The normalized spacial score (nSPS) is 10.9. The topological polar surface area (TPSA) is 46.5 Å². The summed E-state index contributed by atoms with van der Waals surface area (Å²) >= 11 is 3.40. The molecule has 0 bridgehead atoms. The maximum absolute atomic E-state index is 10.4. The molecule has 0 aliphatic heterocycles. The first-order chi connectivity index (χ1) is 10.1. The highest BCUT2D eigenvalue weighted by molar-refractivity contribution is 9.10. The van der Waals surface area contributed by atoms with Crippen molar-refractivity contribution >= 4 is 28.0 Å². The van der Waals surface area contributed by atoms with Crippen molar-refractivity contribution in [3.63, 3.8) is 0 Å². The Labute approximate surface area is 132 Å². The van der Waals surface area contributed by atoms with Gasteiger partial charge in [-0.05, 0) is 34.9 Å². The highest BCUT2D eigenvalue weighted by Crippen LogP contribution is 2.12. The number of carboxylic acids is 1. The van der Waals surface area contributed by atoms with E-state index in [0.717, 1.165) is 27.2 Å². The molecule has 2 aromatic rings. The molecule has 0 aliphatic rings. The zero-order valence-electron chi connectivity index (χ0n) is 11.3. The molecule has 2 rings (SSSR count). The van der Waals surface area contributed by atoms with E-state index in [4.69, 9.17) is 9.84 Å². The quantitative estimate of drug-likeness (QED) is 0.794. The van der Waals surface area contributed by atoms with Crippen LogP contribution in [0.25, 0.3) is 6.08 Å². The molecule has 0 saturated heterocycles. The van der Waals surface area contributed by atoms with E-state index >= 15 is 0 Å². The van der Waals surface area contributed by atoms with Crippen LogP contribution in [0.1, 0.15) is 16.7 Å². The number of benzene rings is 2. The van der Waals surface area contributed by atoms with Gasteiger partial charge >= 0.3 is 5.97 Å². The Kier molecular flexibility index (Phi) is 5.72. The van der Waals surface area contributed by atoms with E-state index in [2.05, 4.69) is 15.9 Å². The van der Waals surface area contributed by atoms with Crippen LogP contribution in [0, 0.1) is 0 Å². The number of aliphatic carboxylic acids is 1. The second kappa shape index (κ2) is 7.76. The van der Waals surface area contributed by atoms with Crippen molar-refractivity contribution in [3.05, 3.63) is 75.8 Å². The molecule has 0 atom stereocenters. The van der Waals surface area contributed by atoms with E-state index in [9.17, 15) is 4.79 Å². The molecular formula is C17H15BrO3. The van der Waals surface area contributed by atoms with E-state index in [-0.39, 0.29) is 0 Å². The van der Waals surface area contributed by atoms with E-state index in [0.29, 0.717) is 13.2 Å². The van der Waals surface area contributed by atoms with Gasteiger partial charge in [-0.25, -0.2) is 4.79 Å². The van der Waals surface area contributed by atoms with E-state index in [1.807, 2.05) is 48.5 Å². The SMILES string of the molecule is O=C(O)/C=C/c1ccc(COCc2ccc(Br)cc2)cc1. The summed E-state index contributed by atoms with van der Waals surface area (Å²) in [4.78, 5) is 10.4. The van der Waals surface area contributed by atoms with Crippen LogP contribution in [0.15, 0.2) is 59.1 Å². The molecule has 0 heterocycles. The minimum atomic E-state index is -0.947. The van der Waals surface area contributed by atoms with Crippen molar-refractivity contribution in [1.82, 2.24) is 0 Å². The number of carbonyl (C=O) groups is 1. The van der Waals surface area contributed by atoms with Crippen molar-refractivity contribution in [2.45, 2.75) is 13.2 Å². The molecule has 1 N–H and O–H groups in total. The van der Waals surface area contributed by atoms with Crippen molar-refractivity contribution in [3.8, 4) is 0 Å². The fourth-order valence-electron chi connectivity index (χ4n) is 1.76. The molecule has 21 heavy (non-hydrogen) atoms. The molecule has 0 fully saturated rings. The van der Waals surface area contributed by atoms with Gasteiger partial charge in [-0.2, -0.15) is 0 Å². The molecule has 0 aliphatic carbocycles. The van der Waals surface area contributed by atoms with Gasteiger partial charge < -0.3 is 9.84 Å². The predicted molar refractivity (Wildman–Crippen MR) is 85.7 cm³/mol. The van der Waals surface area contributed by atoms with Crippen molar-refractivity contribution in [1.29, 1.82) is 0 Å². The van der Waals surface area contributed by atoms with Gasteiger partial charge in [-0.1, -0.05) is 52.3 Å². The summed E-state index contributed by atoms with van der Waals surface area (Å²) in [6, 6.07) is 15.6. The van der Waals surface area contributed by atoms with Gasteiger partial charge in [-0.3, -0.25) is 0 Å². The minimum absolute atomic E-state index is 0.527. The summed E-state index contributed by atoms with van der Waals surface area (Å²) in [5.74, 6) is -0.947. The first-order valence-electron chi connectivity index (χ1n) is 6.45. The summed E-state index contributed by atoms with van der Waals surface area (Å²) in [6.07, 6.45) is 2.69. The number of rotatable bonds is 6. The van der Waals surface area contributed by atoms with Crippen molar-refractivity contribution in [2.24, 2.45) is 0 Å². The number of carboxylic acid groups (broad SMARTS) is 1. The molecule has 0 amide bonds. The van der Waals surface area contributed by atoms with Crippen LogP contribution in [-0.2, 0) is 22.7 Å². The van der Waals surface area contributed by atoms with Crippen molar-refractivity contribution < 1.29 is 14.6 Å². The first kappa shape index (κ1) is 15.5. The fourth-order valence-corrected chi connectivity index (χ4v) is 2.02. The van der Waals surface area contributed by atoms with Gasteiger partial charge in [0.05, 0.1) is 13.2 Å². The maximum atomic E-state index is 10.4. The molecule has 4 heteroatoms. The number of ether oxygens (including phenoxy) is 1. The van der Waals surface area contributed by atoms with Gasteiger partial charge in [0.25, 0.3) is 0 Å². The van der Waals surface area contributed by atoms with Crippen LogP contribution in [0.2, 0.25) is 0 Å². The molecule has 0 spiro atoms. The third kappa shape index (κ3) is 5.53. The van der Waals surface area contributed by atoms with Crippen LogP contribution >= 0.6 is 15.9 Å². The highest BCUT2D eigenvalue weighted by atomic mass is 79.9. The standard InChI is InChI=1S/C17H15BrO3/c18-16-8-5-15(6-9-16)12-21-11-14-3-1-13(2-4-14)7-10-17(19)20/h1-10H,11-12H2,(H,19,20)/b10-7+. The predicted octanol–water partition coefficient (Wildman–Crippen LogP) is 4.26. The van der Waals surface area contributed by atoms with Gasteiger partial charge in [0.1, 0.15) is 0 Å². The Hall–Kier alpha value is -1.91. The van der Waals surface area contributed by atoms with E-state index in [1.165, 1.54) is 0 Å². The lowest BCUT2D eigenvalue weighted by atomic mass is 10.1. The van der Waals surface area contributed by atoms with E-state index < -0.39 is 5.97 Å².